The van der Waals surface area contributed by atoms with Crippen molar-refractivity contribution in [3.63, 3.8) is 0 Å². The van der Waals surface area contributed by atoms with Crippen molar-refractivity contribution in [3.05, 3.63) is 12.2 Å². The minimum Gasteiger partial charge on any atom is -0.290 e. The van der Waals surface area contributed by atoms with E-state index in [1.54, 1.807) is 0 Å². The summed E-state index contributed by atoms with van der Waals surface area (Å²) in [5.74, 6) is 0. The molecule has 0 saturated heterocycles. The van der Waals surface area contributed by atoms with E-state index in [1.165, 1.54) is 19.3 Å². The summed E-state index contributed by atoms with van der Waals surface area (Å²) in [7, 11) is 0. The van der Waals surface area contributed by atoms with Crippen molar-refractivity contribution in [1.82, 2.24) is 0 Å². The van der Waals surface area contributed by atoms with Gasteiger partial charge < -0.3 is 0 Å². The molecule has 1 atom stereocenters. The van der Waals surface area contributed by atoms with E-state index in [0.29, 0.717) is 6.04 Å². The average molecular weight is 179 g/mol. The van der Waals surface area contributed by atoms with Crippen LogP contribution in [0.1, 0.15) is 46.5 Å². The van der Waals surface area contributed by atoms with Crippen LogP contribution in [0.4, 0.5) is 0 Å². The number of hydrogen-bond donors (Lipinski definition) is 0. The molecule has 0 radical (unpaired) electrons. The molecule has 0 amide bonds. The summed E-state index contributed by atoms with van der Waals surface area (Å²) in [6.45, 7) is 6.69. The summed E-state index contributed by atoms with van der Waals surface area (Å²) in [4.78, 5) is 4.61. The third-order valence-corrected chi connectivity index (χ3v) is 2.76. The Balaban J connectivity index is 2.46. The summed E-state index contributed by atoms with van der Waals surface area (Å²) < 4.78 is 0. The van der Waals surface area contributed by atoms with Gasteiger partial charge in [0.2, 0.25) is 0 Å². The quantitative estimate of drug-likeness (QED) is 0.463. The lowest BCUT2D eigenvalue weighted by atomic mass is 9.92. The monoisotopic (exact) mass is 179 g/mol. The molecule has 1 unspecified atom stereocenters. The van der Waals surface area contributed by atoms with Gasteiger partial charge in [-0.25, -0.2) is 0 Å². The Hall–Kier alpha value is -0.590. The Morgan fingerprint density at radius 3 is 2.85 bits per heavy atom. The van der Waals surface area contributed by atoms with Crippen LogP contribution >= 0.6 is 0 Å². The van der Waals surface area contributed by atoms with Crippen molar-refractivity contribution in [2.45, 2.75) is 52.5 Å². The molecule has 13 heavy (non-hydrogen) atoms. The molecule has 0 heterocycles. The second kappa shape index (κ2) is 4.59. The van der Waals surface area contributed by atoms with Crippen LogP contribution < -0.4 is 0 Å². The summed E-state index contributed by atoms with van der Waals surface area (Å²) in [5, 5.41) is 0. The van der Waals surface area contributed by atoms with Crippen molar-refractivity contribution in [2.75, 3.05) is 0 Å². The van der Waals surface area contributed by atoms with Gasteiger partial charge >= 0.3 is 0 Å². The molecule has 1 aliphatic carbocycles. The van der Waals surface area contributed by atoms with Gasteiger partial charge in [-0.15, -0.1) is 0 Å². The predicted molar refractivity (Wildman–Crippen MR) is 59.3 cm³/mol. The van der Waals surface area contributed by atoms with E-state index in [0.717, 1.165) is 6.42 Å². The van der Waals surface area contributed by atoms with Crippen molar-refractivity contribution in [1.29, 1.82) is 0 Å². The predicted octanol–water partition coefficient (Wildman–Crippen LogP) is 3.60. The minimum atomic E-state index is 0.269. The van der Waals surface area contributed by atoms with Gasteiger partial charge in [0.1, 0.15) is 0 Å². The molecule has 0 N–H and O–H groups in total. The van der Waals surface area contributed by atoms with Crippen LogP contribution in [0.3, 0.4) is 0 Å². The third kappa shape index (κ3) is 3.75. The lowest BCUT2D eigenvalue weighted by Crippen LogP contribution is -2.14. The molecule has 1 nitrogen and oxygen atoms in total. The van der Waals surface area contributed by atoms with E-state index in [9.17, 15) is 0 Å². The van der Waals surface area contributed by atoms with Gasteiger partial charge in [0.25, 0.3) is 0 Å². The number of aliphatic imine (C=N–C) groups is 1. The first-order valence-electron chi connectivity index (χ1n) is 5.35. The van der Waals surface area contributed by atoms with Crippen molar-refractivity contribution < 1.29 is 0 Å². The standard InChI is InChI=1S/C12H21N/c1-4-12(2,3)10-13-11-8-6-5-7-9-11/h6,8,10-11H,4-5,7,9H2,1-3H3. The molecule has 0 saturated carbocycles. The minimum absolute atomic E-state index is 0.269. The molecule has 0 aromatic rings. The summed E-state index contributed by atoms with van der Waals surface area (Å²) >= 11 is 0. The number of hydrogen-bond acceptors (Lipinski definition) is 1. The Morgan fingerprint density at radius 1 is 1.54 bits per heavy atom. The smallest absolute Gasteiger partial charge is 0.0676 e. The molecule has 1 heteroatoms. The van der Waals surface area contributed by atoms with Crippen LogP contribution in [0, 0.1) is 5.41 Å². The van der Waals surface area contributed by atoms with E-state index < -0.39 is 0 Å². The second-order valence-corrected chi connectivity index (χ2v) is 4.55. The van der Waals surface area contributed by atoms with E-state index in [2.05, 4.69) is 44.1 Å². The van der Waals surface area contributed by atoms with Crippen molar-refractivity contribution in [3.8, 4) is 0 Å². The highest BCUT2D eigenvalue weighted by atomic mass is 14.8. The highest BCUT2D eigenvalue weighted by molar-refractivity contribution is 5.64. The van der Waals surface area contributed by atoms with Crippen LogP contribution in [-0.2, 0) is 0 Å². The fourth-order valence-electron chi connectivity index (χ4n) is 1.31. The van der Waals surface area contributed by atoms with Gasteiger partial charge in [0.15, 0.2) is 0 Å². The first-order chi connectivity index (χ1) is 6.14. The number of nitrogens with zero attached hydrogens (tertiary/aromatic N) is 1. The molecule has 1 aliphatic rings. The van der Waals surface area contributed by atoms with Gasteiger partial charge in [-0.3, -0.25) is 4.99 Å². The van der Waals surface area contributed by atoms with E-state index in [1.807, 2.05) is 0 Å². The molecule has 1 rings (SSSR count). The summed E-state index contributed by atoms with van der Waals surface area (Å²) in [5.41, 5.74) is 0.269. The molecule has 0 fully saturated rings. The Morgan fingerprint density at radius 2 is 2.31 bits per heavy atom. The largest absolute Gasteiger partial charge is 0.290 e. The maximum atomic E-state index is 4.61. The van der Waals surface area contributed by atoms with Gasteiger partial charge in [-0.1, -0.05) is 32.9 Å². The Labute approximate surface area is 82.0 Å². The van der Waals surface area contributed by atoms with Gasteiger partial charge in [0.05, 0.1) is 6.04 Å². The lowest BCUT2D eigenvalue weighted by Gasteiger charge is -2.18. The second-order valence-electron chi connectivity index (χ2n) is 4.55. The maximum Gasteiger partial charge on any atom is 0.0676 e. The fraction of sp³-hybridized carbons (Fsp3) is 0.750. The zero-order valence-corrected chi connectivity index (χ0v) is 9.09. The summed E-state index contributed by atoms with van der Waals surface area (Å²) in [6, 6.07) is 0.458. The fourth-order valence-corrected chi connectivity index (χ4v) is 1.31. The Bertz CT molecular complexity index is 201. The van der Waals surface area contributed by atoms with Gasteiger partial charge in [0, 0.05) is 6.21 Å². The van der Waals surface area contributed by atoms with Crippen LogP contribution in [-0.4, -0.2) is 12.3 Å². The molecular weight excluding hydrogens is 158 g/mol. The first-order valence-corrected chi connectivity index (χ1v) is 5.35. The first kappa shape index (κ1) is 10.5. The van der Waals surface area contributed by atoms with Gasteiger partial charge in [-0.05, 0) is 31.1 Å². The summed E-state index contributed by atoms with van der Waals surface area (Å²) in [6.07, 6.45) is 11.6. The molecule has 0 aromatic heterocycles. The van der Waals surface area contributed by atoms with Crippen molar-refractivity contribution >= 4 is 6.21 Å². The molecule has 74 valence electrons. The van der Waals surface area contributed by atoms with E-state index >= 15 is 0 Å². The molecular formula is C12H21N. The van der Waals surface area contributed by atoms with Crippen LogP contribution in [0.15, 0.2) is 17.1 Å². The zero-order chi connectivity index (χ0) is 9.73. The highest BCUT2D eigenvalue weighted by Crippen LogP contribution is 2.19. The normalized spacial score (nSPS) is 24.1. The molecule has 0 bridgehead atoms. The third-order valence-electron chi connectivity index (χ3n) is 2.76. The SMILES string of the molecule is CCC(C)(C)C=NC1C=CCCC1. The van der Waals surface area contributed by atoms with Crippen LogP contribution in [0.25, 0.3) is 0 Å². The van der Waals surface area contributed by atoms with Crippen molar-refractivity contribution in [2.24, 2.45) is 10.4 Å². The van der Waals surface area contributed by atoms with E-state index in [4.69, 9.17) is 0 Å². The molecule has 0 aliphatic heterocycles. The molecule has 0 aromatic carbocycles. The molecule has 0 spiro atoms. The Kier molecular flexibility index (Phi) is 3.71. The van der Waals surface area contributed by atoms with Crippen LogP contribution in [0.2, 0.25) is 0 Å². The average Bonchev–Trinajstić information content (AvgIpc) is 2.17. The van der Waals surface area contributed by atoms with Gasteiger partial charge in [-0.2, -0.15) is 0 Å². The number of rotatable bonds is 3. The zero-order valence-electron chi connectivity index (χ0n) is 9.09. The topological polar surface area (TPSA) is 12.4 Å². The van der Waals surface area contributed by atoms with E-state index in [-0.39, 0.29) is 5.41 Å². The lowest BCUT2D eigenvalue weighted by molar-refractivity contribution is 0.510. The number of allylic oxidation sites excluding steroid dienone is 1. The maximum absolute atomic E-state index is 4.61. The van der Waals surface area contributed by atoms with Crippen LogP contribution in [0.5, 0.6) is 0 Å². The highest BCUT2D eigenvalue weighted by Gasteiger charge is 2.12.